The first-order valence-electron chi connectivity index (χ1n) is 5.96. The van der Waals surface area contributed by atoms with Crippen molar-refractivity contribution < 1.29 is 5.11 Å². The molecule has 0 bridgehead atoms. The summed E-state index contributed by atoms with van der Waals surface area (Å²) in [4.78, 5) is 4.39. The van der Waals surface area contributed by atoms with Gasteiger partial charge in [-0.2, -0.15) is 5.10 Å². The molecule has 0 spiro atoms. The highest BCUT2D eigenvalue weighted by Gasteiger charge is 2.05. The van der Waals surface area contributed by atoms with Crippen LogP contribution in [0.3, 0.4) is 0 Å². The lowest BCUT2D eigenvalue weighted by Gasteiger charge is -2.01. The van der Waals surface area contributed by atoms with Crippen LogP contribution >= 0.6 is 34.5 Å². The highest BCUT2D eigenvalue weighted by molar-refractivity contribution is 7.22. The SMILES string of the molecule is Oc1c(Cl)cc(C=NNc2nc3ccccc3s2)cc1Cl. The van der Waals surface area contributed by atoms with Crippen LogP contribution in [0.15, 0.2) is 41.5 Å². The van der Waals surface area contributed by atoms with Crippen LogP contribution in [-0.4, -0.2) is 16.3 Å². The van der Waals surface area contributed by atoms with Crippen LogP contribution in [-0.2, 0) is 0 Å². The molecule has 0 atom stereocenters. The average Bonchev–Trinajstić information content (AvgIpc) is 2.87. The van der Waals surface area contributed by atoms with Gasteiger partial charge in [-0.15, -0.1) is 0 Å². The predicted octanol–water partition coefficient (Wildman–Crippen LogP) is 4.75. The maximum atomic E-state index is 9.48. The molecular formula is C14H9Cl2N3OS. The Morgan fingerprint density at radius 3 is 2.62 bits per heavy atom. The molecule has 0 aliphatic rings. The Labute approximate surface area is 134 Å². The Hall–Kier alpha value is -1.82. The van der Waals surface area contributed by atoms with Crippen molar-refractivity contribution in [3.05, 3.63) is 52.0 Å². The van der Waals surface area contributed by atoms with E-state index in [4.69, 9.17) is 23.2 Å². The van der Waals surface area contributed by atoms with Crippen LogP contribution in [0.1, 0.15) is 5.56 Å². The summed E-state index contributed by atoms with van der Waals surface area (Å²) in [5, 5.41) is 14.6. The Balaban J connectivity index is 1.77. The number of hydrogen-bond donors (Lipinski definition) is 2. The van der Waals surface area contributed by atoms with E-state index in [9.17, 15) is 5.11 Å². The van der Waals surface area contributed by atoms with E-state index < -0.39 is 0 Å². The van der Waals surface area contributed by atoms with Crippen LogP contribution < -0.4 is 5.43 Å². The zero-order chi connectivity index (χ0) is 14.8. The molecule has 0 unspecified atom stereocenters. The Kier molecular flexibility index (Phi) is 3.96. The number of anilines is 1. The molecule has 2 N–H and O–H groups in total. The lowest BCUT2D eigenvalue weighted by molar-refractivity contribution is 0.476. The van der Waals surface area contributed by atoms with E-state index in [0.717, 1.165) is 10.2 Å². The maximum Gasteiger partial charge on any atom is 0.204 e. The molecule has 106 valence electrons. The minimum atomic E-state index is -0.130. The molecule has 0 aliphatic heterocycles. The highest BCUT2D eigenvalue weighted by atomic mass is 35.5. The van der Waals surface area contributed by atoms with Crippen molar-refractivity contribution in [3.8, 4) is 5.75 Å². The summed E-state index contributed by atoms with van der Waals surface area (Å²) in [6, 6.07) is 11.0. The number of hydrogen-bond acceptors (Lipinski definition) is 5. The van der Waals surface area contributed by atoms with Crippen molar-refractivity contribution in [1.82, 2.24) is 4.98 Å². The van der Waals surface area contributed by atoms with Gasteiger partial charge >= 0.3 is 0 Å². The number of hydrazone groups is 1. The Bertz CT molecular complexity index is 776. The Morgan fingerprint density at radius 1 is 1.19 bits per heavy atom. The molecule has 0 saturated heterocycles. The van der Waals surface area contributed by atoms with E-state index in [2.05, 4.69) is 15.5 Å². The number of nitrogens with one attached hydrogen (secondary N) is 1. The van der Waals surface area contributed by atoms with Gasteiger partial charge in [0.05, 0.1) is 26.5 Å². The fourth-order valence-electron chi connectivity index (χ4n) is 1.74. The number of halogens is 2. The van der Waals surface area contributed by atoms with Crippen molar-refractivity contribution in [2.45, 2.75) is 0 Å². The predicted molar refractivity (Wildman–Crippen MR) is 89.0 cm³/mol. The number of para-hydroxylation sites is 1. The number of aromatic hydroxyl groups is 1. The number of phenols is 1. The molecule has 4 nitrogen and oxygen atoms in total. The first-order chi connectivity index (χ1) is 10.1. The highest BCUT2D eigenvalue weighted by Crippen LogP contribution is 2.32. The molecule has 0 saturated carbocycles. The Morgan fingerprint density at radius 2 is 1.90 bits per heavy atom. The molecular weight excluding hydrogens is 329 g/mol. The second-order valence-electron chi connectivity index (χ2n) is 4.19. The summed E-state index contributed by atoms with van der Waals surface area (Å²) < 4.78 is 1.09. The second-order valence-corrected chi connectivity index (χ2v) is 6.03. The summed E-state index contributed by atoms with van der Waals surface area (Å²) in [6.45, 7) is 0. The van der Waals surface area contributed by atoms with Crippen molar-refractivity contribution >= 4 is 56.1 Å². The molecule has 2 aromatic carbocycles. The first kappa shape index (κ1) is 14.1. The third-order valence-corrected chi connectivity index (χ3v) is 4.22. The van der Waals surface area contributed by atoms with E-state index in [1.165, 1.54) is 11.3 Å². The van der Waals surface area contributed by atoms with E-state index in [-0.39, 0.29) is 15.8 Å². The average molecular weight is 338 g/mol. The van der Waals surface area contributed by atoms with Crippen LogP contribution in [0.5, 0.6) is 5.75 Å². The lowest BCUT2D eigenvalue weighted by atomic mass is 10.2. The summed E-state index contributed by atoms with van der Waals surface area (Å²) in [5.41, 5.74) is 4.47. The molecule has 0 aliphatic carbocycles. The van der Waals surface area contributed by atoms with Gasteiger partial charge < -0.3 is 5.11 Å². The molecule has 1 aromatic heterocycles. The van der Waals surface area contributed by atoms with Crippen molar-refractivity contribution in [3.63, 3.8) is 0 Å². The monoisotopic (exact) mass is 337 g/mol. The molecule has 21 heavy (non-hydrogen) atoms. The van der Waals surface area contributed by atoms with Gasteiger partial charge in [0.25, 0.3) is 0 Å². The number of benzene rings is 2. The molecule has 0 amide bonds. The van der Waals surface area contributed by atoms with Crippen molar-refractivity contribution in [2.24, 2.45) is 5.10 Å². The van der Waals surface area contributed by atoms with Gasteiger partial charge in [-0.3, -0.25) is 5.43 Å². The standard InChI is InChI=1S/C14H9Cl2N3OS/c15-9-5-8(6-10(16)13(9)20)7-17-19-14-18-11-3-1-2-4-12(11)21-14/h1-7,20H,(H,18,19). The minimum Gasteiger partial charge on any atom is -0.505 e. The van der Waals surface area contributed by atoms with Crippen LogP contribution in [0.25, 0.3) is 10.2 Å². The van der Waals surface area contributed by atoms with Gasteiger partial charge in [0.1, 0.15) is 0 Å². The zero-order valence-electron chi connectivity index (χ0n) is 10.5. The van der Waals surface area contributed by atoms with Gasteiger partial charge in [-0.1, -0.05) is 46.7 Å². The van der Waals surface area contributed by atoms with E-state index in [1.54, 1.807) is 18.3 Å². The fourth-order valence-corrected chi connectivity index (χ4v) is 3.06. The largest absolute Gasteiger partial charge is 0.505 e. The van der Waals surface area contributed by atoms with Gasteiger partial charge in [-0.25, -0.2) is 4.98 Å². The second kappa shape index (κ2) is 5.89. The smallest absolute Gasteiger partial charge is 0.204 e. The third-order valence-electron chi connectivity index (χ3n) is 2.71. The minimum absolute atomic E-state index is 0.130. The fraction of sp³-hybridized carbons (Fsp3) is 0. The quantitative estimate of drug-likeness (QED) is 0.535. The summed E-state index contributed by atoms with van der Waals surface area (Å²) >= 11 is 13.2. The summed E-state index contributed by atoms with van der Waals surface area (Å²) in [6.07, 6.45) is 1.56. The van der Waals surface area contributed by atoms with Crippen LogP contribution in [0.4, 0.5) is 5.13 Å². The maximum absolute atomic E-state index is 9.48. The van der Waals surface area contributed by atoms with E-state index >= 15 is 0 Å². The van der Waals surface area contributed by atoms with Crippen LogP contribution in [0.2, 0.25) is 10.0 Å². The number of nitrogens with zero attached hydrogens (tertiary/aromatic N) is 2. The van der Waals surface area contributed by atoms with E-state index in [0.29, 0.717) is 10.7 Å². The summed E-state index contributed by atoms with van der Waals surface area (Å²) in [7, 11) is 0. The lowest BCUT2D eigenvalue weighted by Crippen LogP contribution is -1.90. The number of rotatable bonds is 3. The number of phenolic OH excluding ortho intramolecular Hbond substituents is 1. The molecule has 1 heterocycles. The molecule has 0 radical (unpaired) electrons. The number of aromatic nitrogens is 1. The molecule has 3 rings (SSSR count). The number of fused-ring (bicyclic) bond motifs is 1. The van der Waals surface area contributed by atoms with Gasteiger partial charge in [0.15, 0.2) is 5.75 Å². The number of thiazole rings is 1. The first-order valence-corrected chi connectivity index (χ1v) is 7.53. The topological polar surface area (TPSA) is 57.5 Å². The molecule has 3 aromatic rings. The van der Waals surface area contributed by atoms with E-state index in [1.807, 2.05) is 24.3 Å². The molecule has 7 heteroatoms. The van der Waals surface area contributed by atoms with Gasteiger partial charge in [0.2, 0.25) is 5.13 Å². The van der Waals surface area contributed by atoms with Gasteiger partial charge in [-0.05, 0) is 29.8 Å². The zero-order valence-corrected chi connectivity index (χ0v) is 12.9. The van der Waals surface area contributed by atoms with Gasteiger partial charge in [0, 0.05) is 0 Å². The summed E-state index contributed by atoms with van der Waals surface area (Å²) in [5.74, 6) is -0.130. The normalized spacial score (nSPS) is 11.3. The van der Waals surface area contributed by atoms with Crippen molar-refractivity contribution in [2.75, 3.05) is 5.43 Å². The van der Waals surface area contributed by atoms with Crippen LogP contribution in [0, 0.1) is 0 Å². The third kappa shape index (κ3) is 3.10. The molecule has 0 fully saturated rings. The van der Waals surface area contributed by atoms with Crippen molar-refractivity contribution in [1.29, 1.82) is 0 Å².